The number of nitrogens with zero attached hydrogens (tertiary/aromatic N) is 1. The summed E-state index contributed by atoms with van der Waals surface area (Å²) in [6.45, 7) is 2.76. The Morgan fingerprint density at radius 1 is 1.00 bits per heavy atom. The third-order valence-corrected chi connectivity index (χ3v) is 5.65. The maximum absolute atomic E-state index is 12.8. The molecule has 152 valence electrons. The molecule has 1 aliphatic rings. The van der Waals surface area contributed by atoms with Crippen LogP contribution in [-0.2, 0) is 20.7 Å². The number of rotatable bonds is 6. The summed E-state index contributed by atoms with van der Waals surface area (Å²) in [4.78, 5) is 39.5. The van der Waals surface area contributed by atoms with Crippen LogP contribution in [-0.4, -0.2) is 42.3 Å². The van der Waals surface area contributed by atoms with Crippen LogP contribution in [0.5, 0.6) is 0 Å². The van der Waals surface area contributed by atoms with Gasteiger partial charge in [-0.1, -0.05) is 54.1 Å². The molecular formula is C23H24ClNO4. The zero-order chi connectivity index (χ0) is 20.9. The molecular weight excluding hydrogens is 390 g/mol. The number of ether oxygens (including phenoxy) is 1. The van der Waals surface area contributed by atoms with Crippen molar-refractivity contribution >= 4 is 29.3 Å². The van der Waals surface area contributed by atoms with Gasteiger partial charge >= 0.3 is 5.97 Å². The maximum atomic E-state index is 12.8. The highest BCUT2D eigenvalue weighted by molar-refractivity contribution is 6.42. The predicted molar refractivity (Wildman–Crippen MR) is 111 cm³/mol. The normalized spacial score (nSPS) is 15.6. The smallest absolute Gasteiger partial charge is 0.312 e. The molecule has 0 spiro atoms. The standard InChI is InChI=1S/C23H24ClNO4/c1-2-29-22(28)23(16-17-8-10-19(24)11-9-17)12-14-25(15-13-23)21(27)20(26)18-6-4-3-5-7-18/h3-11H,2,12-16H2,1H3. The molecule has 2 aromatic rings. The number of likely N-dealkylation sites (tertiary alicyclic amines) is 1. The van der Waals surface area contributed by atoms with Crippen LogP contribution in [0.3, 0.4) is 0 Å². The minimum absolute atomic E-state index is 0.253. The molecule has 0 bridgehead atoms. The minimum atomic E-state index is -0.712. The maximum Gasteiger partial charge on any atom is 0.312 e. The number of carbonyl (C=O) groups is 3. The van der Waals surface area contributed by atoms with Crippen molar-refractivity contribution in [2.24, 2.45) is 5.41 Å². The van der Waals surface area contributed by atoms with E-state index in [2.05, 4.69) is 0 Å². The minimum Gasteiger partial charge on any atom is -0.466 e. The number of hydrogen-bond donors (Lipinski definition) is 0. The molecule has 1 aliphatic heterocycles. The van der Waals surface area contributed by atoms with Gasteiger partial charge in [0.1, 0.15) is 0 Å². The summed E-state index contributed by atoms with van der Waals surface area (Å²) in [6, 6.07) is 15.9. The molecule has 1 fully saturated rings. The van der Waals surface area contributed by atoms with E-state index >= 15 is 0 Å². The third-order valence-electron chi connectivity index (χ3n) is 5.40. The van der Waals surface area contributed by atoms with Gasteiger partial charge in [0.15, 0.2) is 0 Å². The fourth-order valence-corrected chi connectivity index (χ4v) is 3.85. The van der Waals surface area contributed by atoms with Gasteiger partial charge in [0.25, 0.3) is 5.91 Å². The number of halogens is 1. The van der Waals surface area contributed by atoms with Crippen molar-refractivity contribution in [1.29, 1.82) is 0 Å². The molecule has 0 radical (unpaired) electrons. The molecule has 1 amide bonds. The predicted octanol–water partition coefficient (Wildman–Crippen LogP) is 3.94. The highest BCUT2D eigenvalue weighted by Crippen LogP contribution is 2.37. The second-order valence-corrected chi connectivity index (χ2v) is 7.73. The van der Waals surface area contributed by atoms with Gasteiger partial charge in [-0.05, 0) is 43.9 Å². The topological polar surface area (TPSA) is 63.7 Å². The van der Waals surface area contributed by atoms with E-state index in [1.165, 1.54) is 4.90 Å². The monoisotopic (exact) mass is 413 g/mol. The summed E-state index contributed by atoms with van der Waals surface area (Å²) in [5, 5.41) is 0.638. The molecule has 0 aliphatic carbocycles. The lowest BCUT2D eigenvalue weighted by Crippen LogP contribution is -2.49. The largest absolute Gasteiger partial charge is 0.466 e. The fourth-order valence-electron chi connectivity index (χ4n) is 3.72. The van der Waals surface area contributed by atoms with Crippen LogP contribution in [0.1, 0.15) is 35.7 Å². The van der Waals surface area contributed by atoms with Crippen molar-refractivity contribution in [3.05, 3.63) is 70.7 Å². The van der Waals surface area contributed by atoms with E-state index in [-0.39, 0.29) is 5.97 Å². The molecule has 5 nitrogen and oxygen atoms in total. The first kappa shape index (κ1) is 21.1. The quantitative estimate of drug-likeness (QED) is 0.409. The van der Waals surface area contributed by atoms with E-state index in [1.54, 1.807) is 49.4 Å². The molecule has 0 saturated carbocycles. The number of hydrogen-bond acceptors (Lipinski definition) is 4. The van der Waals surface area contributed by atoms with Crippen LogP contribution in [0.15, 0.2) is 54.6 Å². The van der Waals surface area contributed by atoms with Gasteiger partial charge in [0, 0.05) is 23.7 Å². The van der Waals surface area contributed by atoms with Crippen LogP contribution in [0.4, 0.5) is 0 Å². The van der Waals surface area contributed by atoms with Gasteiger partial charge in [-0.25, -0.2) is 0 Å². The lowest BCUT2D eigenvalue weighted by atomic mass is 9.73. The summed E-state index contributed by atoms with van der Waals surface area (Å²) in [5.74, 6) is -1.30. The Balaban J connectivity index is 1.73. The average molecular weight is 414 g/mol. The Morgan fingerprint density at radius 3 is 2.21 bits per heavy atom. The molecule has 0 unspecified atom stereocenters. The van der Waals surface area contributed by atoms with Crippen molar-refractivity contribution in [3.63, 3.8) is 0 Å². The molecule has 1 heterocycles. The zero-order valence-electron chi connectivity index (χ0n) is 16.4. The van der Waals surface area contributed by atoms with E-state index in [4.69, 9.17) is 16.3 Å². The summed E-state index contributed by atoms with van der Waals surface area (Å²) in [5.41, 5.74) is 0.652. The molecule has 29 heavy (non-hydrogen) atoms. The van der Waals surface area contributed by atoms with Gasteiger partial charge in [0.05, 0.1) is 12.0 Å². The van der Waals surface area contributed by atoms with Crippen molar-refractivity contribution in [3.8, 4) is 0 Å². The molecule has 1 saturated heterocycles. The Labute approximate surface area is 175 Å². The van der Waals surface area contributed by atoms with Gasteiger partial charge in [-0.3, -0.25) is 14.4 Å². The van der Waals surface area contributed by atoms with Gasteiger partial charge in [-0.2, -0.15) is 0 Å². The molecule has 6 heteroatoms. The summed E-state index contributed by atoms with van der Waals surface area (Å²) in [6.07, 6.45) is 1.40. The Bertz CT molecular complexity index is 872. The SMILES string of the molecule is CCOC(=O)C1(Cc2ccc(Cl)cc2)CCN(C(=O)C(=O)c2ccccc2)CC1. The number of Topliss-reactive ketones (excluding diaryl/α,β-unsaturated/α-hetero) is 1. The van der Waals surface area contributed by atoms with Gasteiger partial charge in [-0.15, -0.1) is 0 Å². The summed E-state index contributed by atoms with van der Waals surface area (Å²) in [7, 11) is 0. The third kappa shape index (κ3) is 4.85. The molecule has 0 aromatic heterocycles. The second-order valence-electron chi connectivity index (χ2n) is 7.29. The Morgan fingerprint density at radius 2 is 1.62 bits per heavy atom. The number of benzene rings is 2. The van der Waals surface area contributed by atoms with Gasteiger partial charge < -0.3 is 9.64 Å². The molecule has 2 aromatic carbocycles. The molecule has 0 N–H and O–H groups in total. The Kier molecular flexibility index (Phi) is 6.70. The van der Waals surface area contributed by atoms with Crippen molar-refractivity contribution in [2.45, 2.75) is 26.2 Å². The molecule has 3 rings (SSSR count). The summed E-state index contributed by atoms with van der Waals surface area (Å²) >= 11 is 5.97. The Hall–Kier alpha value is -2.66. The lowest BCUT2D eigenvalue weighted by molar-refractivity contribution is -0.159. The zero-order valence-corrected chi connectivity index (χ0v) is 17.2. The van der Waals surface area contributed by atoms with Crippen molar-refractivity contribution in [1.82, 2.24) is 4.90 Å². The van der Waals surface area contributed by atoms with Crippen LogP contribution in [0.2, 0.25) is 5.02 Å². The second kappa shape index (κ2) is 9.23. The van der Waals surface area contributed by atoms with Crippen LogP contribution >= 0.6 is 11.6 Å². The van der Waals surface area contributed by atoms with E-state index < -0.39 is 17.1 Å². The number of piperidine rings is 1. The lowest BCUT2D eigenvalue weighted by Gasteiger charge is -2.39. The van der Waals surface area contributed by atoms with Crippen LogP contribution < -0.4 is 0 Å². The van der Waals surface area contributed by atoms with Crippen molar-refractivity contribution in [2.75, 3.05) is 19.7 Å². The van der Waals surface area contributed by atoms with E-state index in [0.717, 1.165) is 5.56 Å². The van der Waals surface area contributed by atoms with Crippen LogP contribution in [0.25, 0.3) is 0 Å². The van der Waals surface area contributed by atoms with Crippen LogP contribution in [0, 0.1) is 5.41 Å². The number of esters is 1. The van der Waals surface area contributed by atoms with E-state index in [9.17, 15) is 14.4 Å². The number of ketones is 1. The number of carbonyl (C=O) groups excluding carboxylic acids is 3. The first-order valence-corrected chi connectivity index (χ1v) is 10.1. The number of amides is 1. The fraction of sp³-hybridized carbons (Fsp3) is 0.348. The first-order valence-electron chi connectivity index (χ1n) is 9.75. The van der Waals surface area contributed by atoms with E-state index in [1.807, 2.05) is 12.1 Å². The first-order chi connectivity index (χ1) is 13.9. The van der Waals surface area contributed by atoms with E-state index in [0.29, 0.717) is 49.5 Å². The highest BCUT2D eigenvalue weighted by Gasteiger charge is 2.44. The molecule has 0 atom stereocenters. The average Bonchev–Trinajstić information content (AvgIpc) is 2.75. The van der Waals surface area contributed by atoms with Crippen molar-refractivity contribution < 1.29 is 19.1 Å². The highest BCUT2D eigenvalue weighted by atomic mass is 35.5. The summed E-state index contributed by atoms with van der Waals surface area (Å²) < 4.78 is 5.36. The van der Waals surface area contributed by atoms with Gasteiger partial charge in [0.2, 0.25) is 5.78 Å².